The van der Waals surface area contributed by atoms with E-state index in [1.807, 2.05) is 13.3 Å². The molecule has 0 atom stereocenters. The van der Waals surface area contributed by atoms with E-state index in [9.17, 15) is 0 Å². The first-order chi connectivity index (χ1) is 4.27. The van der Waals surface area contributed by atoms with Gasteiger partial charge in [0.1, 0.15) is 0 Å². The predicted molar refractivity (Wildman–Crippen MR) is 43.1 cm³/mol. The monoisotopic (exact) mass is 125 g/mol. The lowest BCUT2D eigenvalue weighted by molar-refractivity contribution is 1.09. The van der Waals surface area contributed by atoms with Crippen LogP contribution in [0.25, 0.3) is 0 Å². The van der Waals surface area contributed by atoms with Crippen LogP contribution in [0.2, 0.25) is 0 Å². The molecule has 0 saturated heterocycles. The smallest absolute Gasteiger partial charge is 0.0273 e. The molecule has 0 N–H and O–H groups in total. The summed E-state index contributed by atoms with van der Waals surface area (Å²) < 4.78 is 0. The molecule has 52 valence electrons. The summed E-state index contributed by atoms with van der Waals surface area (Å²) >= 11 is 0. The minimum Gasteiger partial charge on any atom is -0.301 e. The fraction of sp³-hybridized carbons (Fsp3) is 0.625. The van der Waals surface area contributed by atoms with Crippen LogP contribution in [-0.2, 0) is 0 Å². The number of aliphatic imine (C=N–C) groups is 1. The third kappa shape index (κ3) is 7.41. The second kappa shape index (κ2) is 5.54. The maximum absolute atomic E-state index is 3.88. The van der Waals surface area contributed by atoms with Gasteiger partial charge >= 0.3 is 0 Å². The van der Waals surface area contributed by atoms with Crippen molar-refractivity contribution in [2.24, 2.45) is 4.99 Å². The van der Waals surface area contributed by atoms with E-state index in [0.717, 1.165) is 12.8 Å². The van der Waals surface area contributed by atoms with Gasteiger partial charge in [0.2, 0.25) is 0 Å². The van der Waals surface area contributed by atoms with Gasteiger partial charge in [0.05, 0.1) is 0 Å². The Labute approximate surface area is 57.5 Å². The lowest BCUT2D eigenvalue weighted by Crippen LogP contribution is -1.73. The predicted octanol–water partition coefficient (Wildman–Crippen LogP) is 2.43. The molecule has 0 heterocycles. The zero-order chi connectivity index (χ0) is 7.11. The molecule has 0 amide bonds. The van der Waals surface area contributed by atoms with E-state index in [2.05, 4.69) is 24.9 Å². The van der Waals surface area contributed by atoms with Crippen LogP contribution in [0.1, 0.15) is 26.7 Å². The average Bonchev–Trinajstić information content (AvgIpc) is 1.80. The Morgan fingerprint density at radius 1 is 1.33 bits per heavy atom. The molecule has 0 fully saturated rings. The first-order valence-electron chi connectivity index (χ1n) is 3.31. The van der Waals surface area contributed by atoms with Gasteiger partial charge in [0, 0.05) is 7.05 Å². The van der Waals surface area contributed by atoms with E-state index >= 15 is 0 Å². The Balaban J connectivity index is 3.20. The Kier molecular flexibility index (Phi) is 5.18. The van der Waals surface area contributed by atoms with Crippen LogP contribution in [0.15, 0.2) is 16.6 Å². The van der Waals surface area contributed by atoms with Crippen molar-refractivity contribution in [3.8, 4) is 0 Å². The topological polar surface area (TPSA) is 12.4 Å². The average molecular weight is 125 g/mol. The van der Waals surface area contributed by atoms with E-state index in [1.54, 1.807) is 0 Å². The third-order valence-corrected chi connectivity index (χ3v) is 1.03. The maximum atomic E-state index is 3.88. The summed E-state index contributed by atoms with van der Waals surface area (Å²) in [5.74, 6) is 0. The zero-order valence-corrected chi connectivity index (χ0v) is 6.52. The Morgan fingerprint density at radius 3 is 2.44 bits per heavy atom. The quantitative estimate of drug-likeness (QED) is 0.312. The molecule has 0 rings (SSSR count). The fourth-order valence-corrected chi connectivity index (χ4v) is 0.576. The minimum absolute atomic E-state index is 1.07. The van der Waals surface area contributed by atoms with Gasteiger partial charge in [-0.1, -0.05) is 11.6 Å². The zero-order valence-electron chi connectivity index (χ0n) is 6.52. The standard InChI is InChI=1S/C8H15N/c1-8(2)6-4-5-7-9-3/h6-7H,4-5H2,1-3H3. The minimum atomic E-state index is 1.07. The van der Waals surface area contributed by atoms with Gasteiger partial charge in [0.15, 0.2) is 0 Å². The number of hydrogen-bond acceptors (Lipinski definition) is 1. The van der Waals surface area contributed by atoms with Crippen LogP contribution in [0.4, 0.5) is 0 Å². The molecule has 0 saturated carbocycles. The molecule has 0 aliphatic carbocycles. The van der Waals surface area contributed by atoms with Gasteiger partial charge in [-0.25, -0.2) is 0 Å². The van der Waals surface area contributed by atoms with Crippen molar-refractivity contribution in [3.63, 3.8) is 0 Å². The SMILES string of the molecule is CN=CCCC=C(C)C. The van der Waals surface area contributed by atoms with Gasteiger partial charge < -0.3 is 4.99 Å². The Bertz CT molecular complexity index is 108. The summed E-state index contributed by atoms with van der Waals surface area (Å²) in [6, 6.07) is 0. The van der Waals surface area contributed by atoms with E-state index in [0.29, 0.717) is 0 Å². The highest BCUT2D eigenvalue weighted by Crippen LogP contribution is 1.94. The van der Waals surface area contributed by atoms with E-state index < -0.39 is 0 Å². The van der Waals surface area contributed by atoms with Crippen LogP contribution in [0, 0.1) is 0 Å². The molecular weight excluding hydrogens is 110 g/mol. The van der Waals surface area contributed by atoms with E-state index in [1.165, 1.54) is 5.57 Å². The van der Waals surface area contributed by atoms with E-state index in [4.69, 9.17) is 0 Å². The highest BCUT2D eigenvalue weighted by molar-refractivity contribution is 5.56. The Morgan fingerprint density at radius 2 is 2.00 bits per heavy atom. The number of hydrogen-bond donors (Lipinski definition) is 0. The summed E-state index contributed by atoms with van der Waals surface area (Å²) in [5.41, 5.74) is 1.39. The van der Waals surface area contributed by atoms with Crippen molar-refractivity contribution in [2.45, 2.75) is 26.7 Å². The van der Waals surface area contributed by atoms with Crippen molar-refractivity contribution < 1.29 is 0 Å². The van der Waals surface area contributed by atoms with Gasteiger partial charge in [0.25, 0.3) is 0 Å². The lowest BCUT2D eigenvalue weighted by Gasteiger charge is -1.86. The summed E-state index contributed by atoms with van der Waals surface area (Å²) in [6.07, 6.45) is 6.36. The molecular formula is C8H15N. The molecule has 0 radical (unpaired) electrons. The van der Waals surface area contributed by atoms with Crippen molar-refractivity contribution >= 4 is 6.21 Å². The van der Waals surface area contributed by atoms with Crippen molar-refractivity contribution in [3.05, 3.63) is 11.6 Å². The van der Waals surface area contributed by atoms with Crippen LogP contribution >= 0.6 is 0 Å². The molecule has 0 unspecified atom stereocenters. The number of allylic oxidation sites excluding steroid dienone is 2. The second-order valence-electron chi connectivity index (χ2n) is 2.30. The summed E-state index contributed by atoms with van der Waals surface area (Å²) in [6.45, 7) is 4.23. The molecule has 0 spiro atoms. The Hall–Kier alpha value is -0.590. The van der Waals surface area contributed by atoms with Crippen LogP contribution in [-0.4, -0.2) is 13.3 Å². The largest absolute Gasteiger partial charge is 0.301 e. The first-order valence-corrected chi connectivity index (χ1v) is 3.31. The summed E-state index contributed by atoms with van der Waals surface area (Å²) in [4.78, 5) is 3.88. The molecule has 1 nitrogen and oxygen atoms in total. The first kappa shape index (κ1) is 8.41. The summed E-state index contributed by atoms with van der Waals surface area (Å²) in [5, 5.41) is 0. The van der Waals surface area contributed by atoms with Crippen LogP contribution < -0.4 is 0 Å². The van der Waals surface area contributed by atoms with Gasteiger partial charge in [-0.3, -0.25) is 0 Å². The number of unbranched alkanes of at least 4 members (excludes halogenated alkanes) is 1. The van der Waals surface area contributed by atoms with E-state index in [-0.39, 0.29) is 0 Å². The normalized spacial score (nSPS) is 10.1. The van der Waals surface area contributed by atoms with Crippen molar-refractivity contribution in [1.82, 2.24) is 0 Å². The molecule has 0 aliphatic heterocycles. The second-order valence-corrected chi connectivity index (χ2v) is 2.30. The van der Waals surface area contributed by atoms with Gasteiger partial charge in [-0.05, 0) is 32.9 Å². The maximum Gasteiger partial charge on any atom is 0.0273 e. The summed E-state index contributed by atoms with van der Waals surface area (Å²) in [7, 11) is 1.81. The molecule has 1 heteroatoms. The highest BCUT2D eigenvalue weighted by Gasteiger charge is 1.77. The molecule has 0 aliphatic rings. The highest BCUT2D eigenvalue weighted by atomic mass is 14.6. The van der Waals surface area contributed by atoms with Crippen molar-refractivity contribution in [1.29, 1.82) is 0 Å². The number of nitrogens with zero attached hydrogens (tertiary/aromatic N) is 1. The molecule has 0 aromatic carbocycles. The lowest BCUT2D eigenvalue weighted by atomic mass is 10.2. The molecule has 9 heavy (non-hydrogen) atoms. The fourth-order valence-electron chi connectivity index (χ4n) is 0.576. The van der Waals surface area contributed by atoms with Crippen molar-refractivity contribution in [2.75, 3.05) is 7.05 Å². The number of rotatable bonds is 3. The van der Waals surface area contributed by atoms with Crippen LogP contribution in [0.3, 0.4) is 0 Å². The third-order valence-electron chi connectivity index (χ3n) is 1.03. The molecule has 0 aromatic rings. The molecule has 0 bridgehead atoms. The molecule has 0 aromatic heterocycles. The van der Waals surface area contributed by atoms with Gasteiger partial charge in [-0.2, -0.15) is 0 Å². The van der Waals surface area contributed by atoms with Crippen LogP contribution in [0.5, 0.6) is 0 Å². The van der Waals surface area contributed by atoms with Gasteiger partial charge in [-0.15, -0.1) is 0 Å².